The van der Waals surface area contributed by atoms with E-state index in [0.717, 1.165) is 10.9 Å². The number of carboxylic acids is 1. The first-order valence-corrected chi connectivity index (χ1v) is 7.57. The van der Waals surface area contributed by atoms with E-state index in [9.17, 15) is 9.59 Å². The predicted octanol–water partition coefficient (Wildman–Crippen LogP) is 2.90. The van der Waals surface area contributed by atoms with Crippen molar-refractivity contribution in [3.63, 3.8) is 0 Å². The van der Waals surface area contributed by atoms with Crippen molar-refractivity contribution in [1.29, 1.82) is 0 Å². The average molecular weight is 297 g/mol. The summed E-state index contributed by atoms with van der Waals surface area (Å²) in [4.78, 5) is 22.5. The molecule has 0 spiro atoms. The topological polar surface area (TPSA) is 66.4 Å². The van der Waals surface area contributed by atoms with Crippen LogP contribution in [0.5, 0.6) is 0 Å². The quantitative estimate of drug-likeness (QED) is 0.891. The van der Waals surface area contributed by atoms with Crippen molar-refractivity contribution in [3.8, 4) is 0 Å². The second-order valence-corrected chi connectivity index (χ2v) is 6.08. The molecule has 4 heteroatoms. The van der Waals surface area contributed by atoms with Crippen LogP contribution in [0.3, 0.4) is 0 Å². The third-order valence-electron chi connectivity index (χ3n) is 4.41. The highest BCUT2D eigenvalue weighted by Gasteiger charge is 2.37. The molecule has 2 aromatic carbocycles. The summed E-state index contributed by atoms with van der Waals surface area (Å²) >= 11 is 0. The zero-order chi connectivity index (χ0) is 15.6. The number of hydrogen-bond acceptors (Lipinski definition) is 2. The Morgan fingerprint density at radius 1 is 1.18 bits per heavy atom. The molecular weight excluding hydrogens is 278 g/mol. The number of carbonyl (C=O) groups excluding carboxylic acids is 1. The Labute approximate surface area is 129 Å². The lowest BCUT2D eigenvalue weighted by Gasteiger charge is -2.29. The second kappa shape index (κ2) is 5.79. The van der Waals surface area contributed by atoms with E-state index in [-0.39, 0.29) is 12.3 Å². The molecule has 22 heavy (non-hydrogen) atoms. The summed E-state index contributed by atoms with van der Waals surface area (Å²) in [7, 11) is 0. The van der Waals surface area contributed by atoms with Crippen LogP contribution in [-0.4, -0.2) is 22.5 Å². The Kier molecular flexibility index (Phi) is 3.84. The lowest BCUT2D eigenvalue weighted by atomic mass is 9.84. The van der Waals surface area contributed by atoms with E-state index < -0.39 is 11.5 Å². The van der Waals surface area contributed by atoms with Gasteiger partial charge in [-0.05, 0) is 35.6 Å². The Bertz CT molecular complexity index is 725. The minimum absolute atomic E-state index is 0.0196. The van der Waals surface area contributed by atoms with Crippen molar-refractivity contribution < 1.29 is 14.7 Å². The standard InChI is InChI=1S/C18H19NO3/c20-16-7-9-18(19-16,10-8-17(21)22)12-13-5-6-14-3-1-2-4-15(14)11-13/h1-6,11H,7-10,12H2,(H,19,20)(H,21,22). The van der Waals surface area contributed by atoms with Gasteiger partial charge in [0.2, 0.25) is 5.91 Å². The minimum Gasteiger partial charge on any atom is -0.481 e. The number of nitrogens with one attached hydrogen (secondary N) is 1. The van der Waals surface area contributed by atoms with Gasteiger partial charge in [0.1, 0.15) is 0 Å². The van der Waals surface area contributed by atoms with Crippen LogP contribution in [0.15, 0.2) is 42.5 Å². The summed E-state index contributed by atoms with van der Waals surface area (Å²) < 4.78 is 0. The fraction of sp³-hybridized carbons (Fsp3) is 0.333. The molecule has 114 valence electrons. The highest BCUT2D eigenvalue weighted by Crippen LogP contribution is 2.30. The van der Waals surface area contributed by atoms with E-state index in [2.05, 4.69) is 35.6 Å². The molecule has 0 saturated carbocycles. The second-order valence-electron chi connectivity index (χ2n) is 6.08. The van der Waals surface area contributed by atoms with Gasteiger partial charge in [-0.2, -0.15) is 0 Å². The highest BCUT2D eigenvalue weighted by molar-refractivity contribution is 5.83. The van der Waals surface area contributed by atoms with Gasteiger partial charge in [-0.25, -0.2) is 0 Å². The smallest absolute Gasteiger partial charge is 0.303 e. The number of amides is 1. The minimum atomic E-state index is -0.820. The molecule has 1 aliphatic heterocycles. The van der Waals surface area contributed by atoms with E-state index in [1.165, 1.54) is 5.39 Å². The van der Waals surface area contributed by atoms with E-state index in [0.29, 0.717) is 25.7 Å². The van der Waals surface area contributed by atoms with Gasteiger partial charge in [0.05, 0.1) is 0 Å². The van der Waals surface area contributed by atoms with Gasteiger partial charge >= 0.3 is 5.97 Å². The summed E-state index contributed by atoms with van der Waals surface area (Å²) in [5.74, 6) is -0.801. The van der Waals surface area contributed by atoms with Crippen LogP contribution >= 0.6 is 0 Å². The summed E-state index contributed by atoms with van der Waals surface area (Å²) in [6.07, 6.45) is 2.41. The Hall–Kier alpha value is -2.36. The molecule has 0 aromatic heterocycles. The van der Waals surface area contributed by atoms with E-state index in [1.807, 2.05) is 12.1 Å². The number of carbonyl (C=O) groups is 2. The number of rotatable bonds is 5. The number of hydrogen-bond donors (Lipinski definition) is 2. The van der Waals surface area contributed by atoms with Crippen molar-refractivity contribution in [3.05, 3.63) is 48.0 Å². The van der Waals surface area contributed by atoms with Gasteiger partial charge in [-0.3, -0.25) is 9.59 Å². The molecule has 0 radical (unpaired) electrons. The molecule has 0 aliphatic carbocycles. The molecule has 1 amide bonds. The lowest BCUT2D eigenvalue weighted by Crippen LogP contribution is -2.44. The highest BCUT2D eigenvalue weighted by atomic mass is 16.4. The SMILES string of the molecule is O=C(O)CCC1(Cc2ccc3ccccc3c2)CCC(=O)N1. The Morgan fingerprint density at radius 2 is 1.95 bits per heavy atom. The zero-order valence-electron chi connectivity index (χ0n) is 12.3. The van der Waals surface area contributed by atoms with Crippen molar-refractivity contribution in [2.75, 3.05) is 0 Å². The number of aliphatic carboxylic acids is 1. The van der Waals surface area contributed by atoms with Gasteiger partial charge in [0, 0.05) is 18.4 Å². The van der Waals surface area contributed by atoms with Crippen LogP contribution in [0.4, 0.5) is 0 Å². The van der Waals surface area contributed by atoms with Gasteiger partial charge in [-0.1, -0.05) is 42.5 Å². The summed E-state index contributed by atoms with van der Waals surface area (Å²) in [6.45, 7) is 0. The summed E-state index contributed by atoms with van der Waals surface area (Å²) in [5.41, 5.74) is 0.712. The summed E-state index contributed by atoms with van der Waals surface area (Å²) in [6, 6.07) is 14.4. The first-order chi connectivity index (χ1) is 10.6. The molecular formula is C18H19NO3. The first-order valence-electron chi connectivity index (χ1n) is 7.57. The fourth-order valence-electron chi connectivity index (χ4n) is 3.27. The van der Waals surface area contributed by atoms with Gasteiger partial charge in [0.25, 0.3) is 0 Å². The monoisotopic (exact) mass is 297 g/mol. The normalized spacial score (nSPS) is 21.0. The predicted molar refractivity (Wildman–Crippen MR) is 84.6 cm³/mol. The number of benzene rings is 2. The molecule has 1 fully saturated rings. The average Bonchev–Trinajstić information content (AvgIpc) is 2.87. The van der Waals surface area contributed by atoms with Crippen LogP contribution in [0, 0.1) is 0 Å². The lowest BCUT2D eigenvalue weighted by molar-refractivity contribution is -0.137. The molecule has 3 rings (SSSR count). The van der Waals surface area contributed by atoms with Crippen molar-refractivity contribution in [2.45, 2.75) is 37.6 Å². The molecule has 1 atom stereocenters. The molecule has 1 aliphatic rings. The largest absolute Gasteiger partial charge is 0.481 e. The molecule has 2 aromatic rings. The maximum Gasteiger partial charge on any atom is 0.303 e. The van der Waals surface area contributed by atoms with Crippen LogP contribution < -0.4 is 5.32 Å². The third-order valence-corrected chi connectivity index (χ3v) is 4.41. The van der Waals surface area contributed by atoms with Crippen LogP contribution in [0.1, 0.15) is 31.2 Å². The van der Waals surface area contributed by atoms with Gasteiger partial charge < -0.3 is 10.4 Å². The Balaban J connectivity index is 1.85. The van der Waals surface area contributed by atoms with Gasteiger partial charge in [0.15, 0.2) is 0 Å². The summed E-state index contributed by atoms with van der Waals surface area (Å²) in [5, 5.41) is 14.3. The Morgan fingerprint density at radius 3 is 2.64 bits per heavy atom. The number of carboxylic acid groups (broad SMARTS) is 1. The van der Waals surface area contributed by atoms with Crippen LogP contribution in [0.2, 0.25) is 0 Å². The number of fused-ring (bicyclic) bond motifs is 1. The van der Waals surface area contributed by atoms with E-state index >= 15 is 0 Å². The van der Waals surface area contributed by atoms with Crippen molar-refractivity contribution in [2.24, 2.45) is 0 Å². The molecule has 0 bridgehead atoms. The van der Waals surface area contributed by atoms with Gasteiger partial charge in [-0.15, -0.1) is 0 Å². The molecule has 1 unspecified atom stereocenters. The molecule has 2 N–H and O–H groups in total. The van der Waals surface area contributed by atoms with Crippen molar-refractivity contribution in [1.82, 2.24) is 5.32 Å². The van der Waals surface area contributed by atoms with Crippen LogP contribution in [-0.2, 0) is 16.0 Å². The van der Waals surface area contributed by atoms with E-state index in [4.69, 9.17) is 5.11 Å². The third kappa shape index (κ3) is 3.11. The molecule has 4 nitrogen and oxygen atoms in total. The molecule has 1 heterocycles. The zero-order valence-corrected chi connectivity index (χ0v) is 12.3. The first kappa shape index (κ1) is 14.6. The van der Waals surface area contributed by atoms with E-state index in [1.54, 1.807) is 0 Å². The van der Waals surface area contributed by atoms with Crippen molar-refractivity contribution >= 4 is 22.6 Å². The maximum absolute atomic E-state index is 11.6. The molecule has 1 saturated heterocycles. The maximum atomic E-state index is 11.6. The fourth-order valence-corrected chi connectivity index (χ4v) is 3.27. The van der Waals surface area contributed by atoms with Crippen LogP contribution in [0.25, 0.3) is 10.8 Å².